The first-order chi connectivity index (χ1) is 7.43. The summed E-state index contributed by atoms with van der Waals surface area (Å²) in [6.07, 6.45) is 3.60. The molecule has 0 saturated carbocycles. The Hall–Kier alpha value is -2.09. The Morgan fingerprint density at radius 3 is 2.80 bits per heavy atom. The van der Waals surface area contributed by atoms with E-state index in [0.29, 0.717) is 0 Å². The van der Waals surface area contributed by atoms with Crippen LogP contribution in [0.15, 0.2) is 48.8 Å². The second-order valence-electron chi connectivity index (χ2n) is 3.43. The number of H-pyrrole nitrogens is 1. The third kappa shape index (κ3) is 1.40. The Bertz CT molecular complexity index is 549. The van der Waals surface area contributed by atoms with Crippen molar-refractivity contribution in [1.82, 2.24) is 9.97 Å². The summed E-state index contributed by atoms with van der Waals surface area (Å²) in [5.41, 5.74) is 3.39. The topological polar surface area (TPSA) is 28.7 Å². The summed E-state index contributed by atoms with van der Waals surface area (Å²) in [7, 11) is 0. The number of aromatic amines is 1. The molecule has 3 rings (SSSR count). The lowest BCUT2D eigenvalue weighted by molar-refractivity contribution is 1.32. The molecule has 0 aliphatic rings. The zero-order chi connectivity index (χ0) is 10.1. The maximum absolute atomic E-state index is 4.00. The number of hydrogen-bond donors (Lipinski definition) is 1. The fourth-order valence-corrected chi connectivity index (χ4v) is 1.70. The minimum absolute atomic E-state index is 1.12. The van der Waals surface area contributed by atoms with Gasteiger partial charge < -0.3 is 4.98 Å². The molecule has 1 aromatic carbocycles. The summed E-state index contributed by atoms with van der Waals surface area (Å²) in [5, 5.41) is 1.21. The highest BCUT2D eigenvalue weighted by Gasteiger charge is 2.01. The first-order valence-electron chi connectivity index (χ1n) is 4.83. The van der Waals surface area contributed by atoms with Crippen molar-refractivity contribution in [2.45, 2.75) is 0 Å². The summed E-state index contributed by atoms with van der Waals surface area (Å²) in [4.78, 5) is 7.36. The van der Waals surface area contributed by atoms with Crippen molar-refractivity contribution in [2.24, 2.45) is 0 Å². The van der Waals surface area contributed by atoms with Gasteiger partial charge in [0.2, 0.25) is 0 Å². The molecule has 1 N–H and O–H groups in total. The normalized spacial score (nSPS) is 10.7. The zero-order valence-corrected chi connectivity index (χ0v) is 8.07. The number of aromatic nitrogens is 2. The molecule has 3 aromatic rings. The van der Waals surface area contributed by atoms with E-state index in [9.17, 15) is 0 Å². The molecule has 0 aliphatic carbocycles. The highest BCUT2D eigenvalue weighted by atomic mass is 14.7. The van der Waals surface area contributed by atoms with Crippen LogP contribution in [0.5, 0.6) is 0 Å². The van der Waals surface area contributed by atoms with Crippen molar-refractivity contribution in [3.8, 4) is 11.3 Å². The van der Waals surface area contributed by atoms with E-state index in [4.69, 9.17) is 0 Å². The van der Waals surface area contributed by atoms with Crippen LogP contribution >= 0.6 is 0 Å². The SMILES string of the molecule is [c]1ccc2cc(-c3ccncc3)[nH]c2c1. The molecule has 15 heavy (non-hydrogen) atoms. The van der Waals surface area contributed by atoms with Gasteiger partial charge in [0, 0.05) is 34.6 Å². The quantitative estimate of drug-likeness (QED) is 0.632. The molecule has 71 valence electrons. The molecule has 0 spiro atoms. The van der Waals surface area contributed by atoms with Crippen LogP contribution in [0, 0.1) is 6.07 Å². The molecule has 0 bridgehead atoms. The van der Waals surface area contributed by atoms with Crippen LogP contribution in [0.2, 0.25) is 0 Å². The third-order valence-corrected chi connectivity index (χ3v) is 2.46. The molecule has 0 fully saturated rings. The number of rotatable bonds is 1. The van der Waals surface area contributed by atoms with Crippen LogP contribution in [0.1, 0.15) is 0 Å². The van der Waals surface area contributed by atoms with Gasteiger partial charge in [0.05, 0.1) is 0 Å². The van der Waals surface area contributed by atoms with Gasteiger partial charge in [0.25, 0.3) is 0 Å². The number of fused-ring (bicyclic) bond motifs is 1. The van der Waals surface area contributed by atoms with E-state index >= 15 is 0 Å². The van der Waals surface area contributed by atoms with Gasteiger partial charge in [-0.25, -0.2) is 0 Å². The largest absolute Gasteiger partial charge is 0.355 e. The maximum Gasteiger partial charge on any atom is 0.0465 e. The van der Waals surface area contributed by atoms with Crippen LogP contribution in [0.25, 0.3) is 22.2 Å². The summed E-state index contributed by atoms with van der Waals surface area (Å²) in [5.74, 6) is 0. The standard InChI is InChI=1S/C13H9N2/c1-2-4-12-11(3-1)9-13(15-12)10-5-7-14-8-6-10/h1,3-9,15H. The van der Waals surface area contributed by atoms with E-state index in [1.54, 1.807) is 12.4 Å². The number of nitrogens with one attached hydrogen (secondary N) is 1. The van der Waals surface area contributed by atoms with Crippen molar-refractivity contribution >= 4 is 10.9 Å². The molecule has 0 aliphatic heterocycles. The fourth-order valence-electron chi connectivity index (χ4n) is 1.70. The molecule has 0 unspecified atom stereocenters. The highest BCUT2D eigenvalue weighted by Crippen LogP contribution is 2.22. The van der Waals surface area contributed by atoms with E-state index in [1.807, 2.05) is 24.3 Å². The Balaban J connectivity index is 2.21. The van der Waals surface area contributed by atoms with Crippen molar-refractivity contribution in [2.75, 3.05) is 0 Å². The minimum Gasteiger partial charge on any atom is -0.355 e. The van der Waals surface area contributed by atoms with Crippen LogP contribution < -0.4 is 0 Å². The lowest BCUT2D eigenvalue weighted by Gasteiger charge is -1.94. The molecular weight excluding hydrogens is 184 g/mol. The Morgan fingerprint density at radius 2 is 2.00 bits per heavy atom. The summed E-state index contributed by atoms with van der Waals surface area (Å²) in [6, 6.07) is 15.1. The van der Waals surface area contributed by atoms with Gasteiger partial charge in [-0.05, 0) is 30.3 Å². The highest BCUT2D eigenvalue weighted by molar-refractivity contribution is 5.85. The first kappa shape index (κ1) is 8.24. The predicted octanol–water partition coefficient (Wildman–Crippen LogP) is 3.03. The van der Waals surface area contributed by atoms with Crippen LogP contribution in [-0.4, -0.2) is 9.97 Å². The third-order valence-electron chi connectivity index (χ3n) is 2.46. The molecular formula is C13H9N2. The summed E-state index contributed by atoms with van der Waals surface area (Å²) in [6.45, 7) is 0. The average Bonchev–Trinajstić information content (AvgIpc) is 2.74. The number of nitrogens with zero attached hydrogens (tertiary/aromatic N) is 1. The van der Waals surface area contributed by atoms with Gasteiger partial charge in [-0.3, -0.25) is 4.98 Å². The van der Waals surface area contributed by atoms with Crippen LogP contribution in [0.3, 0.4) is 0 Å². The predicted molar refractivity (Wildman–Crippen MR) is 60.4 cm³/mol. The monoisotopic (exact) mass is 193 g/mol. The molecule has 0 atom stereocenters. The molecule has 2 aromatic heterocycles. The molecule has 2 heteroatoms. The smallest absolute Gasteiger partial charge is 0.0465 e. The Morgan fingerprint density at radius 1 is 1.13 bits per heavy atom. The second-order valence-corrected chi connectivity index (χ2v) is 3.43. The van der Waals surface area contributed by atoms with E-state index in [2.05, 4.69) is 28.2 Å². The van der Waals surface area contributed by atoms with Gasteiger partial charge in [-0.2, -0.15) is 0 Å². The van der Waals surface area contributed by atoms with Crippen LogP contribution in [0.4, 0.5) is 0 Å². The van der Waals surface area contributed by atoms with Gasteiger partial charge in [0.1, 0.15) is 0 Å². The number of pyridine rings is 1. The van der Waals surface area contributed by atoms with Crippen molar-refractivity contribution in [1.29, 1.82) is 0 Å². The first-order valence-corrected chi connectivity index (χ1v) is 4.83. The average molecular weight is 193 g/mol. The van der Waals surface area contributed by atoms with E-state index in [1.165, 1.54) is 5.39 Å². The fraction of sp³-hybridized carbons (Fsp3) is 0. The molecule has 1 radical (unpaired) electrons. The van der Waals surface area contributed by atoms with Gasteiger partial charge >= 0.3 is 0 Å². The van der Waals surface area contributed by atoms with E-state index in [0.717, 1.165) is 16.8 Å². The van der Waals surface area contributed by atoms with Gasteiger partial charge in [-0.15, -0.1) is 0 Å². The molecule has 0 saturated heterocycles. The molecule has 2 nitrogen and oxygen atoms in total. The van der Waals surface area contributed by atoms with Crippen LogP contribution in [-0.2, 0) is 0 Å². The van der Waals surface area contributed by atoms with Gasteiger partial charge in [0.15, 0.2) is 0 Å². The minimum atomic E-state index is 1.12. The van der Waals surface area contributed by atoms with Crippen molar-refractivity contribution in [3.05, 3.63) is 54.9 Å². The summed E-state index contributed by atoms with van der Waals surface area (Å²) < 4.78 is 0. The summed E-state index contributed by atoms with van der Waals surface area (Å²) >= 11 is 0. The van der Waals surface area contributed by atoms with Crippen molar-refractivity contribution < 1.29 is 0 Å². The lowest BCUT2D eigenvalue weighted by atomic mass is 10.2. The van der Waals surface area contributed by atoms with Crippen molar-refractivity contribution in [3.63, 3.8) is 0 Å². The van der Waals surface area contributed by atoms with Gasteiger partial charge in [-0.1, -0.05) is 12.1 Å². The van der Waals surface area contributed by atoms with E-state index < -0.39 is 0 Å². The molecule has 0 amide bonds. The Labute approximate surface area is 87.6 Å². The second kappa shape index (κ2) is 3.24. The lowest BCUT2D eigenvalue weighted by Crippen LogP contribution is -1.76. The van der Waals surface area contributed by atoms with E-state index in [-0.39, 0.29) is 0 Å². The number of benzene rings is 1. The zero-order valence-electron chi connectivity index (χ0n) is 8.07. The maximum atomic E-state index is 4.00. The molecule has 2 heterocycles. The Kier molecular flexibility index (Phi) is 1.78. The number of hydrogen-bond acceptors (Lipinski definition) is 1.